The Morgan fingerprint density at radius 2 is 2.15 bits per heavy atom. The zero-order chi connectivity index (χ0) is 9.26. The van der Waals surface area contributed by atoms with E-state index in [1.165, 1.54) is 21.9 Å². The Labute approximate surface area is 78.4 Å². The van der Waals surface area contributed by atoms with Gasteiger partial charge in [-0.3, -0.25) is 4.98 Å². The summed E-state index contributed by atoms with van der Waals surface area (Å²) < 4.78 is 0. The summed E-state index contributed by atoms with van der Waals surface area (Å²) in [4.78, 5) is 4.13. The topological polar surface area (TPSA) is 12.9 Å². The van der Waals surface area contributed by atoms with Crippen molar-refractivity contribution in [3.05, 3.63) is 41.7 Å². The summed E-state index contributed by atoms with van der Waals surface area (Å²) in [5.74, 6) is 0. The van der Waals surface area contributed by atoms with Gasteiger partial charge < -0.3 is 0 Å². The first kappa shape index (κ1) is 8.24. The third-order valence-corrected chi connectivity index (χ3v) is 2.43. The van der Waals surface area contributed by atoms with Crippen LogP contribution in [0.3, 0.4) is 0 Å². The molecule has 0 aliphatic heterocycles. The van der Waals surface area contributed by atoms with Gasteiger partial charge in [-0.2, -0.15) is 0 Å². The summed E-state index contributed by atoms with van der Waals surface area (Å²) in [6, 6.07) is 6.55. The summed E-state index contributed by atoms with van der Waals surface area (Å²) in [7, 11) is 0. The lowest BCUT2D eigenvalue weighted by Crippen LogP contribution is -1.85. The molecule has 0 N–H and O–H groups in total. The fraction of sp³-hybridized carbons (Fsp3) is 0.250. The fourth-order valence-corrected chi connectivity index (χ4v) is 1.66. The molecule has 0 amide bonds. The lowest BCUT2D eigenvalue weighted by Gasteiger charge is -2.04. The Hall–Kier alpha value is -1.37. The van der Waals surface area contributed by atoms with Crippen LogP contribution in [0.5, 0.6) is 0 Å². The van der Waals surface area contributed by atoms with Gasteiger partial charge >= 0.3 is 0 Å². The maximum atomic E-state index is 4.13. The van der Waals surface area contributed by atoms with E-state index in [1.54, 1.807) is 0 Å². The molecule has 0 aliphatic carbocycles. The Bertz CT molecular complexity index is 432. The number of aryl methyl sites for hydroxylation is 2. The normalized spacial score (nSPS) is 10.6. The number of hydrogen-bond donors (Lipinski definition) is 0. The molecular weight excluding hydrogens is 158 g/mol. The minimum absolute atomic E-state index is 1.10. The number of aromatic nitrogens is 1. The Morgan fingerprint density at radius 1 is 1.31 bits per heavy atom. The van der Waals surface area contributed by atoms with Crippen LogP contribution in [0.2, 0.25) is 0 Å². The average Bonchev–Trinajstić information content (AvgIpc) is 2.18. The van der Waals surface area contributed by atoms with Gasteiger partial charge in [-0.15, -0.1) is 0 Å². The molecule has 1 heterocycles. The van der Waals surface area contributed by atoms with Crippen molar-refractivity contribution in [1.29, 1.82) is 0 Å². The Morgan fingerprint density at radius 3 is 2.92 bits per heavy atom. The summed E-state index contributed by atoms with van der Waals surface area (Å²) in [6.07, 6.45) is 4.88. The molecule has 2 rings (SSSR count). The van der Waals surface area contributed by atoms with E-state index in [0.29, 0.717) is 0 Å². The summed E-state index contributed by atoms with van der Waals surface area (Å²) in [5.41, 5.74) is 2.72. The molecule has 13 heavy (non-hydrogen) atoms. The molecule has 2 aromatic rings. The van der Waals surface area contributed by atoms with Gasteiger partial charge in [0, 0.05) is 17.8 Å². The average molecular weight is 171 g/mol. The number of pyridine rings is 1. The number of nitrogens with zero attached hydrogens (tertiary/aromatic N) is 1. The van der Waals surface area contributed by atoms with E-state index < -0.39 is 0 Å². The monoisotopic (exact) mass is 171 g/mol. The van der Waals surface area contributed by atoms with Crippen molar-refractivity contribution in [1.82, 2.24) is 4.98 Å². The van der Waals surface area contributed by atoms with E-state index in [2.05, 4.69) is 37.0 Å². The first-order valence-electron chi connectivity index (χ1n) is 4.64. The maximum absolute atomic E-state index is 4.13. The van der Waals surface area contributed by atoms with Crippen LogP contribution in [0.4, 0.5) is 0 Å². The maximum Gasteiger partial charge on any atom is 0.0349 e. The van der Waals surface area contributed by atoms with Crippen molar-refractivity contribution in [2.45, 2.75) is 20.3 Å². The van der Waals surface area contributed by atoms with Crippen LogP contribution in [0, 0.1) is 6.92 Å². The highest BCUT2D eigenvalue weighted by Crippen LogP contribution is 2.19. The van der Waals surface area contributed by atoms with Crippen molar-refractivity contribution in [3.63, 3.8) is 0 Å². The lowest BCUT2D eigenvalue weighted by molar-refractivity contribution is 1.14. The second-order valence-electron chi connectivity index (χ2n) is 3.36. The predicted octanol–water partition coefficient (Wildman–Crippen LogP) is 3.11. The van der Waals surface area contributed by atoms with E-state index in [-0.39, 0.29) is 0 Å². The highest BCUT2D eigenvalue weighted by Gasteiger charge is 1.98. The molecule has 0 unspecified atom stereocenters. The second kappa shape index (κ2) is 3.17. The highest BCUT2D eigenvalue weighted by molar-refractivity contribution is 5.85. The molecule has 0 spiro atoms. The van der Waals surface area contributed by atoms with Crippen LogP contribution >= 0.6 is 0 Å². The first-order chi connectivity index (χ1) is 6.31. The quantitative estimate of drug-likeness (QED) is 0.642. The van der Waals surface area contributed by atoms with Crippen LogP contribution in [0.25, 0.3) is 10.8 Å². The van der Waals surface area contributed by atoms with Gasteiger partial charge in [-0.05, 0) is 35.9 Å². The van der Waals surface area contributed by atoms with Crippen LogP contribution < -0.4 is 0 Å². The standard InChI is InChI=1S/C12H13N/c1-3-10-6-9(2)12-8-13-5-4-11(12)7-10/h4-8H,3H2,1-2H3. The van der Waals surface area contributed by atoms with Crippen LogP contribution in [-0.2, 0) is 6.42 Å². The molecule has 0 atom stereocenters. The fourth-order valence-electron chi connectivity index (χ4n) is 1.66. The molecule has 0 fully saturated rings. The molecule has 1 aromatic heterocycles. The predicted molar refractivity (Wildman–Crippen MR) is 55.9 cm³/mol. The number of fused-ring (bicyclic) bond motifs is 1. The van der Waals surface area contributed by atoms with E-state index in [0.717, 1.165) is 6.42 Å². The van der Waals surface area contributed by atoms with Crippen LogP contribution in [-0.4, -0.2) is 4.98 Å². The largest absolute Gasteiger partial charge is 0.264 e. The molecular formula is C12H13N. The van der Waals surface area contributed by atoms with Gasteiger partial charge in [-0.25, -0.2) is 0 Å². The molecule has 1 nitrogen and oxygen atoms in total. The van der Waals surface area contributed by atoms with Crippen LogP contribution in [0.15, 0.2) is 30.6 Å². The van der Waals surface area contributed by atoms with Crippen molar-refractivity contribution in [2.75, 3.05) is 0 Å². The molecule has 0 bridgehead atoms. The van der Waals surface area contributed by atoms with E-state index >= 15 is 0 Å². The molecule has 0 radical (unpaired) electrons. The number of rotatable bonds is 1. The van der Waals surface area contributed by atoms with Gasteiger partial charge in [0.25, 0.3) is 0 Å². The van der Waals surface area contributed by atoms with Gasteiger partial charge in [0.05, 0.1) is 0 Å². The highest BCUT2D eigenvalue weighted by atomic mass is 14.6. The third-order valence-electron chi connectivity index (χ3n) is 2.43. The number of hydrogen-bond acceptors (Lipinski definition) is 1. The van der Waals surface area contributed by atoms with E-state index in [1.807, 2.05) is 12.4 Å². The van der Waals surface area contributed by atoms with Crippen LogP contribution in [0.1, 0.15) is 18.1 Å². The second-order valence-corrected chi connectivity index (χ2v) is 3.36. The summed E-state index contributed by atoms with van der Waals surface area (Å²) in [5, 5.41) is 2.56. The van der Waals surface area contributed by atoms with Gasteiger partial charge in [0.15, 0.2) is 0 Å². The number of benzene rings is 1. The zero-order valence-electron chi connectivity index (χ0n) is 8.04. The van der Waals surface area contributed by atoms with E-state index in [9.17, 15) is 0 Å². The van der Waals surface area contributed by atoms with Crippen molar-refractivity contribution in [3.8, 4) is 0 Å². The van der Waals surface area contributed by atoms with E-state index in [4.69, 9.17) is 0 Å². The minimum atomic E-state index is 1.10. The molecule has 1 aromatic carbocycles. The van der Waals surface area contributed by atoms with Gasteiger partial charge in [-0.1, -0.05) is 19.1 Å². The summed E-state index contributed by atoms with van der Waals surface area (Å²) >= 11 is 0. The SMILES string of the molecule is CCc1cc(C)c2cnccc2c1. The third kappa shape index (κ3) is 1.42. The molecule has 0 saturated heterocycles. The first-order valence-corrected chi connectivity index (χ1v) is 4.64. The lowest BCUT2D eigenvalue weighted by atomic mass is 10.0. The Kier molecular flexibility index (Phi) is 2.01. The van der Waals surface area contributed by atoms with Crippen molar-refractivity contribution in [2.24, 2.45) is 0 Å². The van der Waals surface area contributed by atoms with Crippen molar-refractivity contribution < 1.29 is 0 Å². The summed E-state index contributed by atoms with van der Waals surface area (Å²) in [6.45, 7) is 4.32. The smallest absolute Gasteiger partial charge is 0.0349 e. The molecule has 0 saturated carbocycles. The minimum Gasteiger partial charge on any atom is -0.264 e. The van der Waals surface area contributed by atoms with Gasteiger partial charge in [0.1, 0.15) is 0 Å². The Balaban J connectivity index is 2.77. The molecule has 66 valence electrons. The van der Waals surface area contributed by atoms with Gasteiger partial charge in [0.2, 0.25) is 0 Å². The molecule has 0 aliphatic rings. The molecule has 1 heteroatoms. The van der Waals surface area contributed by atoms with Crippen molar-refractivity contribution >= 4 is 10.8 Å². The zero-order valence-corrected chi connectivity index (χ0v) is 8.04.